The van der Waals surface area contributed by atoms with Crippen LogP contribution in [0.15, 0.2) is 52.4 Å². The van der Waals surface area contributed by atoms with Crippen LogP contribution in [0.5, 0.6) is 5.75 Å². The van der Waals surface area contributed by atoms with Gasteiger partial charge in [0.15, 0.2) is 5.17 Å². The van der Waals surface area contributed by atoms with E-state index < -0.39 is 0 Å². The normalized spacial score (nSPS) is 18.0. The number of para-hydroxylation sites is 1. The number of carbonyl (C=O) groups excluding carboxylic acids is 1. The summed E-state index contributed by atoms with van der Waals surface area (Å²) in [4.78, 5) is 19.2. The topological polar surface area (TPSA) is 52.9 Å². The second kappa shape index (κ2) is 6.53. The van der Waals surface area contributed by atoms with Crippen LogP contribution >= 0.6 is 11.8 Å². The highest BCUT2D eigenvalue weighted by atomic mass is 32.2. The Bertz CT molecular complexity index is 871. The summed E-state index contributed by atoms with van der Waals surface area (Å²) >= 11 is 1.32. The number of rotatable bonds is 2. The molecule has 0 bridgehead atoms. The van der Waals surface area contributed by atoms with Gasteiger partial charge in [0, 0.05) is 12.6 Å². The molecule has 1 amide bonds. The maximum atomic E-state index is 12.4. The fraction of sp³-hybridized carbons (Fsp3) is 0.158. The van der Waals surface area contributed by atoms with E-state index in [1.54, 1.807) is 31.3 Å². The lowest BCUT2D eigenvalue weighted by Crippen LogP contribution is -2.23. The van der Waals surface area contributed by atoms with Crippen LogP contribution in [0.25, 0.3) is 6.08 Å². The number of amides is 1. The molecule has 0 radical (unpaired) electrons. The molecule has 4 nitrogen and oxygen atoms in total. The Hall–Kier alpha value is -2.53. The Balaban J connectivity index is 1.96. The van der Waals surface area contributed by atoms with Gasteiger partial charge >= 0.3 is 0 Å². The Labute approximate surface area is 145 Å². The van der Waals surface area contributed by atoms with E-state index in [4.69, 9.17) is 0 Å². The molecule has 0 unspecified atom stereocenters. The van der Waals surface area contributed by atoms with Crippen LogP contribution in [-0.4, -0.2) is 28.1 Å². The molecule has 0 aliphatic carbocycles. The van der Waals surface area contributed by atoms with Gasteiger partial charge in [-0.25, -0.2) is 4.99 Å². The maximum absolute atomic E-state index is 12.4. The zero-order valence-electron chi connectivity index (χ0n) is 13.8. The minimum Gasteiger partial charge on any atom is -0.507 e. The van der Waals surface area contributed by atoms with Crippen LogP contribution in [0, 0.1) is 13.8 Å². The summed E-state index contributed by atoms with van der Waals surface area (Å²) in [6.45, 7) is 4.02. The summed E-state index contributed by atoms with van der Waals surface area (Å²) in [6, 6.07) is 13.0. The number of benzene rings is 2. The van der Waals surface area contributed by atoms with Gasteiger partial charge in [0.25, 0.3) is 5.91 Å². The predicted molar refractivity (Wildman–Crippen MR) is 99.5 cm³/mol. The minimum atomic E-state index is -0.118. The van der Waals surface area contributed by atoms with Gasteiger partial charge in [0.05, 0.1) is 10.6 Å². The minimum absolute atomic E-state index is 0.118. The van der Waals surface area contributed by atoms with E-state index >= 15 is 0 Å². The van der Waals surface area contributed by atoms with Gasteiger partial charge in [-0.3, -0.25) is 9.69 Å². The van der Waals surface area contributed by atoms with Crippen LogP contribution in [0.3, 0.4) is 0 Å². The third kappa shape index (κ3) is 3.21. The van der Waals surface area contributed by atoms with Crippen molar-refractivity contribution in [2.24, 2.45) is 4.99 Å². The standard InChI is InChI=1S/C19H18N2O2S/c1-12-8-9-13(2)15(10-12)20-19-21(3)18(23)17(24-19)11-14-6-4-5-7-16(14)22/h4-11,22H,1-3H3/b17-11-,20-19?. The summed E-state index contributed by atoms with van der Waals surface area (Å²) in [5, 5.41) is 10.5. The first-order valence-electron chi connectivity index (χ1n) is 7.57. The second-order valence-corrected chi connectivity index (χ2v) is 6.73. The van der Waals surface area contributed by atoms with Crippen molar-refractivity contribution in [1.29, 1.82) is 0 Å². The first-order chi connectivity index (χ1) is 11.5. The number of hydrogen-bond donors (Lipinski definition) is 1. The fourth-order valence-corrected chi connectivity index (χ4v) is 3.32. The van der Waals surface area contributed by atoms with Crippen molar-refractivity contribution >= 4 is 34.6 Å². The molecule has 1 fully saturated rings. The molecule has 1 aliphatic heterocycles. The lowest BCUT2D eigenvalue weighted by molar-refractivity contribution is -0.121. The smallest absolute Gasteiger partial charge is 0.266 e. The highest BCUT2D eigenvalue weighted by Crippen LogP contribution is 2.35. The summed E-state index contributed by atoms with van der Waals surface area (Å²) in [5.74, 6) is 0.0354. The quantitative estimate of drug-likeness (QED) is 0.833. The van der Waals surface area contributed by atoms with Crippen molar-refractivity contribution in [2.75, 3.05) is 7.05 Å². The third-order valence-corrected chi connectivity index (χ3v) is 4.87. The van der Waals surface area contributed by atoms with Crippen molar-refractivity contribution in [3.8, 4) is 5.75 Å². The van der Waals surface area contributed by atoms with E-state index in [-0.39, 0.29) is 11.7 Å². The van der Waals surface area contributed by atoms with Crippen LogP contribution in [0.4, 0.5) is 5.69 Å². The Morgan fingerprint density at radius 3 is 2.67 bits per heavy atom. The zero-order valence-corrected chi connectivity index (χ0v) is 14.6. The zero-order chi connectivity index (χ0) is 17.3. The molecule has 0 atom stereocenters. The number of thioether (sulfide) groups is 1. The summed E-state index contributed by atoms with van der Waals surface area (Å²) in [5.41, 5.74) is 3.67. The van der Waals surface area contributed by atoms with Gasteiger partial charge in [-0.2, -0.15) is 0 Å². The number of carbonyl (C=O) groups is 1. The molecule has 0 saturated carbocycles. The monoisotopic (exact) mass is 338 g/mol. The number of hydrogen-bond acceptors (Lipinski definition) is 4. The maximum Gasteiger partial charge on any atom is 0.266 e. The van der Waals surface area contributed by atoms with Crippen molar-refractivity contribution < 1.29 is 9.90 Å². The number of likely N-dealkylation sites (N-methyl/N-ethyl adjacent to an activating group) is 1. The third-order valence-electron chi connectivity index (χ3n) is 3.81. The van der Waals surface area contributed by atoms with Gasteiger partial charge < -0.3 is 5.11 Å². The molecule has 3 rings (SSSR count). The highest BCUT2D eigenvalue weighted by molar-refractivity contribution is 8.18. The second-order valence-electron chi connectivity index (χ2n) is 5.72. The molecule has 1 saturated heterocycles. The number of amidine groups is 1. The van der Waals surface area contributed by atoms with Crippen molar-refractivity contribution in [3.63, 3.8) is 0 Å². The fourth-order valence-electron chi connectivity index (χ4n) is 2.35. The van der Waals surface area contributed by atoms with Crippen molar-refractivity contribution in [2.45, 2.75) is 13.8 Å². The highest BCUT2D eigenvalue weighted by Gasteiger charge is 2.30. The van der Waals surface area contributed by atoms with E-state index in [0.717, 1.165) is 16.8 Å². The molecule has 1 N–H and O–H groups in total. The van der Waals surface area contributed by atoms with Gasteiger partial charge in [0.1, 0.15) is 5.75 Å². The average molecular weight is 338 g/mol. The molecule has 2 aromatic carbocycles. The molecule has 0 aromatic heterocycles. The molecule has 1 heterocycles. The van der Waals surface area contributed by atoms with Crippen LogP contribution in [0.1, 0.15) is 16.7 Å². The Morgan fingerprint density at radius 2 is 1.92 bits per heavy atom. The lowest BCUT2D eigenvalue weighted by Gasteiger charge is -2.08. The molecule has 122 valence electrons. The summed E-state index contributed by atoms with van der Waals surface area (Å²) < 4.78 is 0. The summed E-state index contributed by atoms with van der Waals surface area (Å²) in [6.07, 6.45) is 1.70. The molecular weight excluding hydrogens is 320 g/mol. The van der Waals surface area contributed by atoms with Crippen LogP contribution < -0.4 is 0 Å². The number of phenols is 1. The molecule has 24 heavy (non-hydrogen) atoms. The summed E-state index contributed by atoms with van der Waals surface area (Å²) in [7, 11) is 1.71. The lowest BCUT2D eigenvalue weighted by atomic mass is 10.1. The molecule has 2 aromatic rings. The number of nitrogens with zero attached hydrogens (tertiary/aromatic N) is 2. The van der Waals surface area contributed by atoms with E-state index in [0.29, 0.717) is 15.6 Å². The number of aryl methyl sites for hydroxylation is 2. The number of aromatic hydroxyl groups is 1. The number of phenolic OH excluding ortho intramolecular Hbond substituents is 1. The molecular formula is C19H18N2O2S. The van der Waals surface area contributed by atoms with Gasteiger partial charge in [-0.1, -0.05) is 30.3 Å². The molecule has 0 spiro atoms. The average Bonchev–Trinajstić information content (AvgIpc) is 2.81. The van der Waals surface area contributed by atoms with E-state index in [1.165, 1.54) is 16.7 Å². The van der Waals surface area contributed by atoms with E-state index in [2.05, 4.69) is 4.99 Å². The van der Waals surface area contributed by atoms with Gasteiger partial charge in [-0.15, -0.1) is 0 Å². The van der Waals surface area contributed by atoms with Crippen molar-refractivity contribution in [3.05, 3.63) is 64.1 Å². The molecule has 5 heteroatoms. The molecule has 1 aliphatic rings. The SMILES string of the molecule is Cc1ccc(C)c(N=C2S/C(=C\c3ccccc3O)C(=O)N2C)c1. The Morgan fingerprint density at radius 1 is 1.17 bits per heavy atom. The van der Waals surface area contributed by atoms with E-state index in [9.17, 15) is 9.90 Å². The van der Waals surface area contributed by atoms with Gasteiger partial charge in [0.2, 0.25) is 0 Å². The largest absolute Gasteiger partial charge is 0.507 e. The van der Waals surface area contributed by atoms with Crippen LogP contribution in [0.2, 0.25) is 0 Å². The van der Waals surface area contributed by atoms with Crippen LogP contribution in [-0.2, 0) is 4.79 Å². The Kier molecular flexibility index (Phi) is 4.44. The van der Waals surface area contributed by atoms with Crippen molar-refractivity contribution in [1.82, 2.24) is 4.90 Å². The van der Waals surface area contributed by atoms with Gasteiger partial charge in [-0.05, 0) is 54.9 Å². The predicted octanol–water partition coefficient (Wildman–Crippen LogP) is 4.24. The first-order valence-corrected chi connectivity index (χ1v) is 8.39. The number of aliphatic imine (C=N–C) groups is 1. The first kappa shape index (κ1) is 16.3. The van der Waals surface area contributed by atoms with E-state index in [1.807, 2.05) is 38.1 Å².